The Labute approximate surface area is 194 Å². The van der Waals surface area contributed by atoms with Crippen molar-refractivity contribution >= 4 is 11.0 Å². The van der Waals surface area contributed by atoms with Crippen molar-refractivity contribution in [3.63, 3.8) is 0 Å². The first kappa shape index (κ1) is 24.1. The van der Waals surface area contributed by atoms with Gasteiger partial charge in [-0.3, -0.25) is 9.69 Å². The molecule has 4 rings (SSSR count). The lowest BCUT2D eigenvalue weighted by molar-refractivity contribution is -0.154. The summed E-state index contributed by atoms with van der Waals surface area (Å²) in [6, 6.07) is 8.97. The Morgan fingerprint density at radius 1 is 1.09 bits per heavy atom. The van der Waals surface area contributed by atoms with Gasteiger partial charge in [0.2, 0.25) is 11.2 Å². The van der Waals surface area contributed by atoms with Gasteiger partial charge in [0.25, 0.3) is 5.76 Å². The van der Waals surface area contributed by atoms with Crippen molar-refractivity contribution in [1.82, 2.24) is 4.90 Å². The molecule has 182 valence electrons. The van der Waals surface area contributed by atoms with Gasteiger partial charge in [-0.05, 0) is 50.1 Å². The molecule has 1 N–H and O–H groups in total. The zero-order chi connectivity index (χ0) is 24.6. The summed E-state index contributed by atoms with van der Waals surface area (Å²) in [6.45, 7) is 6.87. The van der Waals surface area contributed by atoms with Gasteiger partial charge in [0.15, 0.2) is 0 Å². The van der Waals surface area contributed by atoms with Crippen LogP contribution < -0.4 is 10.2 Å². The Kier molecular flexibility index (Phi) is 6.60. The number of hydrogen-bond donors (Lipinski definition) is 1. The first-order valence-electron chi connectivity index (χ1n) is 11.1. The minimum atomic E-state index is -4.99. The van der Waals surface area contributed by atoms with E-state index in [9.17, 15) is 23.1 Å². The van der Waals surface area contributed by atoms with E-state index in [1.54, 1.807) is 12.1 Å². The van der Waals surface area contributed by atoms with E-state index in [-0.39, 0.29) is 46.8 Å². The van der Waals surface area contributed by atoms with Crippen LogP contribution in [0.25, 0.3) is 11.0 Å². The molecule has 0 saturated carbocycles. The Morgan fingerprint density at radius 3 is 2.32 bits per heavy atom. The molecule has 1 aromatic heterocycles. The van der Waals surface area contributed by atoms with Crippen molar-refractivity contribution in [2.75, 3.05) is 13.1 Å². The summed E-state index contributed by atoms with van der Waals surface area (Å²) in [5.41, 5.74) is -0.183. The summed E-state index contributed by atoms with van der Waals surface area (Å²) >= 11 is 0. The number of benzene rings is 2. The Morgan fingerprint density at radius 2 is 1.74 bits per heavy atom. The van der Waals surface area contributed by atoms with Crippen molar-refractivity contribution < 1.29 is 32.2 Å². The summed E-state index contributed by atoms with van der Waals surface area (Å²) < 4.78 is 58.3. The van der Waals surface area contributed by atoms with Crippen LogP contribution in [-0.4, -0.2) is 35.3 Å². The average Bonchev–Trinajstić information content (AvgIpc) is 2.76. The molecule has 0 spiro atoms. The zero-order valence-corrected chi connectivity index (χ0v) is 19.1. The fourth-order valence-electron chi connectivity index (χ4n) is 4.27. The molecule has 0 radical (unpaired) electrons. The lowest BCUT2D eigenvalue weighted by Crippen LogP contribution is -2.44. The smallest absolute Gasteiger partial charge is 0.453 e. The van der Waals surface area contributed by atoms with Crippen LogP contribution in [0.5, 0.6) is 17.2 Å². The van der Waals surface area contributed by atoms with Gasteiger partial charge < -0.3 is 19.0 Å². The van der Waals surface area contributed by atoms with Crippen LogP contribution >= 0.6 is 0 Å². The van der Waals surface area contributed by atoms with Crippen molar-refractivity contribution in [1.29, 1.82) is 0 Å². The maximum absolute atomic E-state index is 14.0. The highest BCUT2D eigenvalue weighted by atomic mass is 19.4. The summed E-state index contributed by atoms with van der Waals surface area (Å²) in [5, 5.41) is 10.4. The van der Waals surface area contributed by atoms with Gasteiger partial charge in [0, 0.05) is 19.6 Å². The molecule has 3 aromatic rings. The second-order valence-corrected chi connectivity index (χ2v) is 8.58. The maximum Gasteiger partial charge on any atom is 0.453 e. The number of morpholine rings is 1. The Hall–Kier alpha value is -3.04. The largest absolute Gasteiger partial charge is 0.507 e. The molecule has 1 aliphatic rings. The molecule has 1 aliphatic heterocycles. The van der Waals surface area contributed by atoms with Crippen LogP contribution in [0.3, 0.4) is 0 Å². The molecule has 0 aliphatic carbocycles. The monoisotopic (exact) mass is 477 g/mol. The average molecular weight is 477 g/mol. The van der Waals surface area contributed by atoms with Gasteiger partial charge in [-0.25, -0.2) is 0 Å². The number of nitrogens with zero attached hydrogens (tertiary/aromatic N) is 1. The second kappa shape index (κ2) is 9.31. The highest BCUT2D eigenvalue weighted by molar-refractivity contribution is 5.83. The molecule has 0 bridgehead atoms. The fourth-order valence-corrected chi connectivity index (χ4v) is 4.27. The van der Waals surface area contributed by atoms with E-state index in [0.29, 0.717) is 13.1 Å². The van der Waals surface area contributed by atoms with Gasteiger partial charge in [-0.1, -0.05) is 19.1 Å². The molecule has 34 heavy (non-hydrogen) atoms. The van der Waals surface area contributed by atoms with E-state index >= 15 is 0 Å². The SMILES string of the molecule is CCc1ccc(Oc2c(C(F)(F)F)oc3c(CN4C[C@H](C)O[C@@H](C)C4)c(O)ccc3c2=O)cc1. The fraction of sp³-hybridized carbons (Fsp3) is 0.400. The van der Waals surface area contributed by atoms with Crippen molar-refractivity contribution in [2.24, 2.45) is 0 Å². The van der Waals surface area contributed by atoms with Gasteiger partial charge in [0.05, 0.1) is 23.2 Å². The van der Waals surface area contributed by atoms with Gasteiger partial charge in [-0.2, -0.15) is 13.2 Å². The highest BCUT2D eigenvalue weighted by Gasteiger charge is 2.41. The van der Waals surface area contributed by atoms with Crippen LogP contribution in [0.2, 0.25) is 0 Å². The molecule has 2 atom stereocenters. The van der Waals surface area contributed by atoms with Crippen molar-refractivity contribution in [2.45, 2.75) is 52.1 Å². The normalized spacial score (nSPS) is 19.5. The number of alkyl halides is 3. The summed E-state index contributed by atoms with van der Waals surface area (Å²) in [7, 11) is 0. The minimum Gasteiger partial charge on any atom is -0.507 e. The quantitative estimate of drug-likeness (QED) is 0.525. The van der Waals surface area contributed by atoms with Gasteiger partial charge >= 0.3 is 6.18 Å². The molecule has 2 heterocycles. The maximum atomic E-state index is 14.0. The molecule has 0 amide bonds. The lowest BCUT2D eigenvalue weighted by Gasteiger charge is -2.35. The third kappa shape index (κ3) is 4.90. The zero-order valence-electron chi connectivity index (χ0n) is 19.1. The summed E-state index contributed by atoms with van der Waals surface area (Å²) in [6.07, 6.45) is -4.41. The molecule has 0 unspecified atom stereocenters. The number of ether oxygens (including phenoxy) is 2. The molecule has 2 aromatic carbocycles. The van der Waals surface area contributed by atoms with E-state index in [2.05, 4.69) is 0 Å². The number of phenolic OH excluding ortho intramolecular Hbond substituents is 1. The first-order valence-corrected chi connectivity index (χ1v) is 11.1. The molecule has 6 nitrogen and oxygen atoms in total. The molecule has 1 fully saturated rings. The first-order chi connectivity index (χ1) is 16.1. The van der Waals surface area contributed by atoms with Crippen LogP contribution in [-0.2, 0) is 23.9 Å². The van der Waals surface area contributed by atoms with Crippen LogP contribution in [0.4, 0.5) is 13.2 Å². The predicted molar refractivity (Wildman–Crippen MR) is 120 cm³/mol. The van der Waals surface area contributed by atoms with E-state index in [4.69, 9.17) is 13.9 Å². The standard InChI is InChI=1S/C25H26F3NO5/c1-4-16-5-7-17(8-6-16)33-23-21(31)18-9-10-20(30)19(22(18)34-24(23)25(26,27)28)13-29-11-14(2)32-15(3)12-29/h5-10,14-15,30H,4,11-13H2,1-3H3/t14-,15-/m0/s1. The number of aryl methyl sites for hydroxylation is 1. The van der Waals surface area contributed by atoms with Crippen LogP contribution in [0.15, 0.2) is 45.6 Å². The lowest BCUT2D eigenvalue weighted by atomic mass is 10.1. The Bertz CT molecular complexity index is 1230. The number of aromatic hydroxyl groups is 1. The van der Waals surface area contributed by atoms with Crippen LogP contribution in [0.1, 0.15) is 37.7 Å². The molecule has 1 saturated heterocycles. The number of phenols is 1. The minimum absolute atomic E-state index is 0.0855. The van der Waals surface area contributed by atoms with Gasteiger partial charge in [0.1, 0.15) is 17.1 Å². The number of halogens is 3. The molecule has 9 heteroatoms. The number of fused-ring (bicyclic) bond motifs is 1. The molecular weight excluding hydrogens is 451 g/mol. The summed E-state index contributed by atoms with van der Waals surface area (Å²) in [4.78, 5) is 15.1. The highest BCUT2D eigenvalue weighted by Crippen LogP contribution is 2.40. The van der Waals surface area contributed by atoms with Gasteiger partial charge in [-0.15, -0.1) is 0 Å². The number of rotatable bonds is 5. The van der Waals surface area contributed by atoms with Crippen molar-refractivity contribution in [3.05, 3.63) is 63.5 Å². The number of hydrogen-bond acceptors (Lipinski definition) is 6. The van der Waals surface area contributed by atoms with E-state index in [1.165, 1.54) is 24.3 Å². The third-order valence-electron chi connectivity index (χ3n) is 5.78. The Balaban J connectivity index is 1.82. The van der Waals surface area contributed by atoms with E-state index in [1.807, 2.05) is 25.7 Å². The topological polar surface area (TPSA) is 72.1 Å². The van der Waals surface area contributed by atoms with Crippen molar-refractivity contribution in [3.8, 4) is 17.2 Å². The second-order valence-electron chi connectivity index (χ2n) is 8.58. The van der Waals surface area contributed by atoms with E-state index < -0.39 is 23.1 Å². The molecular formula is C25H26F3NO5. The van der Waals surface area contributed by atoms with Crippen LogP contribution in [0, 0.1) is 0 Å². The predicted octanol–water partition coefficient (Wildman–Crippen LogP) is 5.48. The van der Waals surface area contributed by atoms with E-state index in [0.717, 1.165) is 12.0 Å². The third-order valence-corrected chi connectivity index (χ3v) is 5.78. The summed E-state index contributed by atoms with van der Waals surface area (Å²) in [5.74, 6) is -2.64.